The molecule has 0 bridgehead atoms. The fourth-order valence-corrected chi connectivity index (χ4v) is 4.84. The molecule has 6 aromatic rings. The number of H-pyrrole nitrogens is 2. The fourth-order valence-electron chi connectivity index (χ4n) is 4.84. The summed E-state index contributed by atoms with van der Waals surface area (Å²) in [4.78, 5) is 12.5. The van der Waals surface area contributed by atoms with Crippen LogP contribution in [0.5, 0.6) is 0 Å². The number of rotatable bonds is 6. The minimum Gasteiger partial charge on any atom is -0.358 e. The quantitative estimate of drug-likeness (QED) is 0.231. The van der Waals surface area contributed by atoms with E-state index in [-0.39, 0.29) is 5.82 Å². The number of halogens is 1. The summed E-state index contributed by atoms with van der Waals surface area (Å²) in [5, 5.41) is 12.9. The van der Waals surface area contributed by atoms with Gasteiger partial charge in [0.05, 0.1) is 35.0 Å². The SMILES string of the molecule is C=C(Nc1cncc(-c2cc3c(-c4cc5c(-c6ccccc6F)cccc5[nH]4)n[nH]c3cn2)c1)C1CC1. The predicted molar refractivity (Wildman–Crippen MR) is 145 cm³/mol. The lowest BCUT2D eigenvalue weighted by Gasteiger charge is -2.09. The molecular weight excluding hydrogens is 463 g/mol. The molecule has 4 heterocycles. The van der Waals surface area contributed by atoms with Gasteiger partial charge in [-0.15, -0.1) is 0 Å². The zero-order valence-electron chi connectivity index (χ0n) is 19.9. The van der Waals surface area contributed by atoms with E-state index in [0.717, 1.165) is 61.4 Å². The number of benzene rings is 2. The van der Waals surface area contributed by atoms with Crippen molar-refractivity contribution in [2.75, 3.05) is 5.32 Å². The highest BCUT2D eigenvalue weighted by Crippen LogP contribution is 2.37. The molecule has 0 saturated heterocycles. The third kappa shape index (κ3) is 3.85. The third-order valence-electron chi connectivity index (χ3n) is 6.94. The second-order valence-corrected chi connectivity index (χ2v) is 9.50. The number of hydrogen-bond donors (Lipinski definition) is 3. The van der Waals surface area contributed by atoms with Crippen LogP contribution in [0.4, 0.5) is 10.1 Å². The number of aromatic amines is 2. The maximum Gasteiger partial charge on any atom is 0.131 e. The number of anilines is 1. The summed E-state index contributed by atoms with van der Waals surface area (Å²) in [7, 11) is 0. The molecule has 2 aromatic carbocycles. The Hall–Kier alpha value is -4.78. The van der Waals surface area contributed by atoms with Crippen LogP contribution >= 0.6 is 0 Å². The van der Waals surface area contributed by atoms with Crippen molar-refractivity contribution in [2.24, 2.45) is 5.92 Å². The van der Waals surface area contributed by atoms with Crippen LogP contribution in [0.25, 0.3) is 55.6 Å². The van der Waals surface area contributed by atoms with Gasteiger partial charge in [-0.1, -0.05) is 36.9 Å². The molecule has 3 N–H and O–H groups in total. The Morgan fingerprint density at radius 3 is 2.65 bits per heavy atom. The second kappa shape index (κ2) is 8.41. The van der Waals surface area contributed by atoms with Gasteiger partial charge in [-0.25, -0.2) is 4.39 Å². The van der Waals surface area contributed by atoms with Crippen molar-refractivity contribution >= 4 is 27.5 Å². The molecule has 0 unspecified atom stereocenters. The van der Waals surface area contributed by atoms with Crippen LogP contribution in [0.3, 0.4) is 0 Å². The van der Waals surface area contributed by atoms with Gasteiger partial charge in [0, 0.05) is 39.3 Å². The smallest absolute Gasteiger partial charge is 0.131 e. The monoisotopic (exact) mass is 486 g/mol. The lowest BCUT2D eigenvalue weighted by atomic mass is 10.0. The third-order valence-corrected chi connectivity index (χ3v) is 6.94. The van der Waals surface area contributed by atoms with Crippen LogP contribution < -0.4 is 5.32 Å². The van der Waals surface area contributed by atoms with Gasteiger partial charge >= 0.3 is 0 Å². The standard InChI is InChI=1S/C30H23FN6/c1-17(18-9-10-18)34-20-11-19(14-32-15-20)27-13-24-29(16-33-27)36-37-30(24)28-12-23-21(6-4-8-26(23)35-28)22-5-2-3-7-25(22)31/h2-8,11-16,18,34-35H,1,9-10H2,(H,36,37). The number of pyridine rings is 2. The summed E-state index contributed by atoms with van der Waals surface area (Å²) in [5.74, 6) is 0.312. The Morgan fingerprint density at radius 2 is 1.78 bits per heavy atom. The molecule has 0 atom stereocenters. The first-order chi connectivity index (χ1) is 18.1. The molecule has 0 aliphatic heterocycles. The van der Waals surface area contributed by atoms with Gasteiger partial charge in [-0.3, -0.25) is 15.1 Å². The first-order valence-electron chi connectivity index (χ1n) is 12.3. The fraction of sp³-hybridized carbons (Fsp3) is 0.100. The van der Waals surface area contributed by atoms with Crippen molar-refractivity contribution in [3.05, 3.63) is 97.3 Å². The lowest BCUT2D eigenvalue weighted by molar-refractivity contribution is 0.631. The van der Waals surface area contributed by atoms with Crippen molar-refractivity contribution in [2.45, 2.75) is 12.8 Å². The summed E-state index contributed by atoms with van der Waals surface area (Å²) < 4.78 is 14.6. The van der Waals surface area contributed by atoms with E-state index in [2.05, 4.69) is 37.0 Å². The van der Waals surface area contributed by atoms with Gasteiger partial charge in [0.1, 0.15) is 11.5 Å². The van der Waals surface area contributed by atoms with E-state index < -0.39 is 0 Å². The van der Waals surface area contributed by atoms with Crippen molar-refractivity contribution in [1.82, 2.24) is 25.1 Å². The number of aromatic nitrogens is 5. The van der Waals surface area contributed by atoms with Gasteiger partial charge in [0.15, 0.2) is 0 Å². The molecule has 0 radical (unpaired) electrons. The van der Waals surface area contributed by atoms with E-state index >= 15 is 0 Å². The molecule has 180 valence electrons. The molecule has 6 nitrogen and oxygen atoms in total. The van der Waals surface area contributed by atoms with E-state index in [1.807, 2.05) is 48.7 Å². The van der Waals surface area contributed by atoms with Crippen LogP contribution in [0.1, 0.15) is 12.8 Å². The highest BCUT2D eigenvalue weighted by Gasteiger charge is 2.24. The second-order valence-electron chi connectivity index (χ2n) is 9.50. The van der Waals surface area contributed by atoms with Gasteiger partial charge in [-0.05, 0) is 54.7 Å². The summed E-state index contributed by atoms with van der Waals surface area (Å²) in [5.41, 5.74) is 8.41. The topological polar surface area (TPSA) is 82.3 Å². The molecule has 7 rings (SSSR count). The maximum atomic E-state index is 14.6. The Balaban J connectivity index is 1.29. The van der Waals surface area contributed by atoms with Crippen molar-refractivity contribution in [1.29, 1.82) is 0 Å². The highest BCUT2D eigenvalue weighted by molar-refractivity contribution is 6.01. The summed E-state index contributed by atoms with van der Waals surface area (Å²) in [6.07, 6.45) is 7.78. The average Bonchev–Trinajstić information content (AvgIpc) is 3.55. The predicted octanol–water partition coefficient (Wildman–Crippen LogP) is 7.31. The highest BCUT2D eigenvalue weighted by atomic mass is 19.1. The van der Waals surface area contributed by atoms with Gasteiger partial charge in [0.2, 0.25) is 0 Å². The lowest BCUT2D eigenvalue weighted by Crippen LogP contribution is -2.00. The molecule has 1 aliphatic rings. The number of nitrogens with zero attached hydrogens (tertiary/aromatic N) is 3. The molecule has 1 saturated carbocycles. The molecule has 1 aliphatic carbocycles. The number of allylic oxidation sites excluding steroid dienone is 1. The largest absolute Gasteiger partial charge is 0.358 e. The zero-order chi connectivity index (χ0) is 24.9. The maximum absolute atomic E-state index is 14.6. The molecule has 0 amide bonds. The van der Waals surface area contributed by atoms with Gasteiger partial charge < -0.3 is 10.3 Å². The summed E-state index contributed by atoms with van der Waals surface area (Å²) in [6.45, 7) is 4.15. The normalized spacial score (nSPS) is 13.3. The van der Waals surface area contributed by atoms with Crippen LogP contribution in [0.15, 0.2) is 91.5 Å². The van der Waals surface area contributed by atoms with Crippen LogP contribution in [0.2, 0.25) is 0 Å². The Morgan fingerprint density at radius 1 is 0.919 bits per heavy atom. The Kier molecular flexibility index (Phi) is 4.89. The minimum absolute atomic E-state index is 0.246. The van der Waals surface area contributed by atoms with E-state index in [9.17, 15) is 4.39 Å². The first kappa shape index (κ1) is 21.5. The van der Waals surface area contributed by atoms with E-state index in [0.29, 0.717) is 11.5 Å². The first-order valence-corrected chi connectivity index (χ1v) is 12.3. The number of fused-ring (bicyclic) bond motifs is 2. The molecule has 37 heavy (non-hydrogen) atoms. The van der Waals surface area contributed by atoms with E-state index in [1.54, 1.807) is 24.5 Å². The Bertz CT molecular complexity index is 1810. The number of hydrogen-bond acceptors (Lipinski definition) is 4. The van der Waals surface area contributed by atoms with Crippen molar-refractivity contribution in [3.8, 4) is 33.8 Å². The molecule has 0 spiro atoms. The average molecular weight is 487 g/mol. The Labute approximate surface area is 212 Å². The summed E-state index contributed by atoms with van der Waals surface area (Å²) >= 11 is 0. The van der Waals surface area contributed by atoms with Crippen molar-refractivity contribution in [3.63, 3.8) is 0 Å². The van der Waals surface area contributed by atoms with Crippen LogP contribution in [-0.2, 0) is 0 Å². The summed E-state index contributed by atoms with van der Waals surface area (Å²) in [6, 6.07) is 18.8. The molecular formula is C30H23FN6. The molecule has 4 aromatic heterocycles. The molecule has 7 heteroatoms. The molecule has 1 fully saturated rings. The van der Waals surface area contributed by atoms with E-state index in [4.69, 9.17) is 0 Å². The number of nitrogens with one attached hydrogen (secondary N) is 3. The minimum atomic E-state index is -0.246. The zero-order valence-corrected chi connectivity index (χ0v) is 19.9. The van der Waals surface area contributed by atoms with E-state index in [1.165, 1.54) is 18.9 Å². The van der Waals surface area contributed by atoms with Crippen molar-refractivity contribution < 1.29 is 4.39 Å². The van der Waals surface area contributed by atoms with Gasteiger partial charge in [0.25, 0.3) is 0 Å². The van der Waals surface area contributed by atoms with Crippen LogP contribution in [-0.4, -0.2) is 25.1 Å². The van der Waals surface area contributed by atoms with Crippen LogP contribution in [0, 0.1) is 11.7 Å². The van der Waals surface area contributed by atoms with Gasteiger partial charge in [-0.2, -0.15) is 5.10 Å².